The Morgan fingerprint density at radius 1 is 1.25 bits per heavy atom. The highest BCUT2D eigenvalue weighted by atomic mass is 35.5. The minimum Gasteiger partial charge on any atom is -0.482 e. The van der Waals surface area contributed by atoms with E-state index in [-0.39, 0.29) is 34.7 Å². The average Bonchev–Trinajstić information content (AvgIpc) is 2.41. The number of hydrogen-bond acceptors (Lipinski definition) is 6. The summed E-state index contributed by atoms with van der Waals surface area (Å²) in [6.45, 7) is -0.262. The summed E-state index contributed by atoms with van der Waals surface area (Å²) in [5.74, 6) is -0.539. The molecule has 1 heterocycles. The smallest absolute Gasteiger partial charge is 0.262 e. The summed E-state index contributed by atoms with van der Waals surface area (Å²) in [4.78, 5) is 10.8. The first-order chi connectivity index (χ1) is 11.2. The van der Waals surface area contributed by atoms with Crippen molar-refractivity contribution in [2.24, 2.45) is 5.92 Å². The van der Waals surface area contributed by atoms with Crippen molar-refractivity contribution in [3.8, 4) is 5.75 Å². The van der Waals surface area contributed by atoms with Crippen LogP contribution in [-0.4, -0.2) is 35.1 Å². The Morgan fingerprint density at radius 2 is 1.96 bits per heavy atom. The van der Waals surface area contributed by atoms with Gasteiger partial charge in [-0.05, 0) is 24.8 Å². The molecule has 132 valence electrons. The summed E-state index contributed by atoms with van der Waals surface area (Å²) >= 11 is 5.95. The molecule has 2 aliphatic rings. The lowest BCUT2D eigenvalue weighted by Crippen LogP contribution is -2.36. The molecule has 1 aliphatic heterocycles. The molecule has 1 aromatic rings. The van der Waals surface area contributed by atoms with Gasteiger partial charge in [0.15, 0.2) is 6.61 Å². The molecule has 1 aromatic carbocycles. The van der Waals surface area contributed by atoms with Crippen molar-refractivity contribution in [2.45, 2.75) is 24.2 Å². The minimum absolute atomic E-state index is 0.0183. The number of amides is 1. The molecule has 0 aromatic heterocycles. The van der Waals surface area contributed by atoms with E-state index in [1.807, 2.05) is 0 Å². The van der Waals surface area contributed by atoms with Crippen molar-refractivity contribution in [1.29, 1.82) is 0 Å². The Hall–Kier alpha value is -1.36. The number of anilines is 1. The predicted octanol–water partition coefficient (Wildman–Crippen LogP) is 1.08. The van der Waals surface area contributed by atoms with Crippen LogP contribution >= 0.6 is 11.6 Å². The van der Waals surface area contributed by atoms with Crippen molar-refractivity contribution >= 4 is 43.2 Å². The highest BCUT2D eigenvalue weighted by Gasteiger charge is 2.31. The van der Waals surface area contributed by atoms with Gasteiger partial charge in [-0.15, -0.1) is 4.13 Å². The van der Waals surface area contributed by atoms with Crippen LogP contribution in [0, 0.1) is 5.92 Å². The summed E-state index contributed by atoms with van der Waals surface area (Å²) in [6.07, 6.45) is 2.49. The minimum atomic E-state index is -4.39. The van der Waals surface area contributed by atoms with Gasteiger partial charge in [-0.1, -0.05) is 18.0 Å². The second-order valence-electron chi connectivity index (χ2n) is 5.78. The number of benzene rings is 1. The van der Waals surface area contributed by atoms with E-state index in [1.165, 1.54) is 6.07 Å². The molecule has 11 heteroatoms. The number of fused-ring (bicyclic) bond motifs is 1. The molecule has 0 atom stereocenters. The van der Waals surface area contributed by atoms with Crippen LogP contribution in [-0.2, 0) is 24.8 Å². The maximum absolute atomic E-state index is 12.4. The Bertz CT molecular complexity index is 893. The molecule has 1 aliphatic carbocycles. The van der Waals surface area contributed by atoms with Crippen molar-refractivity contribution in [2.75, 3.05) is 17.7 Å². The van der Waals surface area contributed by atoms with Crippen LogP contribution in [0.2, 0.25) is 5.02 Å². The number of sulfonamides is 2. The van der Waals surface area contributed by atoms with Crippen molar-refractivity contribution in [3.63, 3.8) is 0 Å². The molecule has 0 saturated heterocycles. The maximum atomic E-state index is 12.4. The molecular formula is C13H15ClN2O6S2. The average molecular weight is 395 g/mol. The Morgan fingerprint density at radius 3 is 2.58 bits per heavy atom. The molecule has 3 rings (SSSR count). The Balaban J connectivity index is 1.88. The first kappa shape index (κ1) is 17.5. The number of nitrogens with one attached hydrogen (secondary N) is 2. The van der Waals surface area contributed by atoms with Crippen LogP contribution in [0.25, 0.3) is 0 Å². The SMILES string of the molecule is O=C1COc2cc(S(=O)(=O)NS(=O)(=O)CC3CCC3)c(Cl)cc2N1. The molecule has 0 unspecified atom stereocenters. The zero-order valence-electron chi connectivity index (χ0n) is 12.4. The van der Waals surface area contributed by atoms with Crippen molar-refractivity contribution < 1.29 is 26.4 Å². The molecular weight excluding hydrogens is 380 g/mol. The van der Waals surface area contributed by atoms with Crippen LogP contribution in [0.3, 0.4) is 0 Å². The Labute approximate surface area is 144 Å². The second kappa shape index (κ2) is 6.17. The first-order valence-electron chi connectivity index (χ1n) is 7.19. The summed E-state index contributed by atoms with van der Waals surface area (Å²) in [6, 6.07) is 2.30. The van der Waals surface area contributed by atoms with Gasteiger partial charge in [0.05, 0.1) is 16.5 Å². The fourth-order valence-corrected chi connectivity index (χ4v) is 6.47. The monoisotopic (exact) mass is 394 g/mol. The fraction of sp³-hybridized carbons (Fsp3) is 0.462. The third kappa shape index (κ3) is 3.66. The van der Waals surface area contributed by atoms with Crippen LogP contribution in [0.1, 0.15) is 19.3 Å². The fourth-order valence-electron chi connectivity index (χ4n) is 2.50. The molecule has 24 heavy (non-hydrogen) atoms. The summed E-state index contributed by atoms with van der Waals surface area (Å²) in [5, 5.41) is 2.27. The predicted molar refractivity (Wildman–Crippen MR) is 87.0 cm³/mol. The number of carbonyl (C=O) groups excluding carboxylic acids is 1. The van der Waals surface area contributed by atoms with E-state index in [4.69, 9.17) is 16.3 Å². The second-order valence-corrected chi connectivity index (χ2v) is 9.86. The van der Waals surface area contributed by atoms with E-state index < -0.39 is 30.8 Å². The Kier molecular flexibility index (Phi) is 4.49. The number of ether oxygens (including phenoxy) is 1. The topological polar surface area (TPSA) is 119 Å². The van der Waals surface area contributed by atoms with E-state index in [0.717, 1.165) is 25.3 Å². The molecule has 0 spiro atoms. The third-order valence-electron chi connectivity index (χ3n) is 3.87. The summed E-state index contributed by atoms with van der Waals surface area (Å²) in [7, 11) is -8.39. The van der Waals surface area contributed by atoms with E-state index in [1.54, 1.807) is 4.13 Å². The van der Waals surface area contributed by atoms with E-state index in [9.17, 15) is 21.6 Å². The van der Waals surface area contributed by atoms with Crippen LogP contribution in [0.4, 0.5) is 5.69 Å². The highest BCUT2D eigenvalue weighted by molar-refractivity contribution is 8.04. The highest BCUT2D eigenvalue weighted by Crippen LogP contribution is 2.36. The van der Waals surface area contributed by atoms with Crippen LogP contribution < -0.4 is 14.2 Å². The van der Waals surface area contributed by atoms with Gasteiger partial charge in [-0.2, -0.15) is 0 Å². The van der Waals surface area contributed by atoms with Crippen LogP contribution in [0.15, 0.2) is 17.0 Å². The van der Waals surface area contributed by atoms with Gasteiger partial charge < -0.3 is 10.1 Å². The standard InChI is InChI=1S/C13H15ClN2O6S2/c14-9-4-10-11(22-6-13(17)15-10)5-12(9)24(20,21)16-23(18,19)7-8-2-1-3-8/h4-5,8,16H,1-3,6-7H2,(H,15,17). The lowest BCUT2D eigenvalue weighted by Gasteiger charge is -2.25. The van der Waals surface area contributed by atoms with Gasteiger partial charge in [0.1, 0.15) is 10.6 Å². The molecule has 8 nitrogen and oxygen atoms in total. The van der Waals surface area contributed by atoms with Gasteiger partial charge in [0.2, 0.25) is 10.0 Å². The third-order valence-corrected chi connectivity index (χ3v) is 8.02. The molecule has 1 fully saturated rings. The normalized spacial score (nSPS) is 18.3. The molecule has 1 amide bonds. The first-order valence-corrected chi connectivity index (χ1v) is 10.7. The summed E-state index contributed by atoms with van der Waals surface area (Å²) < 4.78 is 55.7. The lowest BCUT2D eigenvalue weighted by molar-refractivity contribution is -0.118. The van der Waals surface area contributed by atoms with Gasteiger partial charge >= 0.3 is 0 Å². The largest absolute Gasteiger partial charge is 0.482 e. The number of carbonyl (C=O) groups is 1. The maximum Gasteiger partial charge on any atom is 0.262 e. The molecule has 0 radical (unpaired) electrons. The van der Waals surface area contributed by atoms with Crippen LogP contribution in [0.5, 0.6) is 5.75 Å². The molecule has 2 N–H and O–H groups in total. The van der Waals surface area contributed by atoms with Gasteiger partial charge in [0, 0.05) is 6.07 Å². The summed E-state index contributed by atoms with van der Waals surface area (Å²) in [5.41, 5.74) is 0.229. The van der Waals surface area contributed by atoms with E-state index in [2.05, 4.69) is 5.32 Å². The van der Waals surface area contributed by atoms with E-state index >= 15 is 0 Å². The number of rotatable bonds is 5. The van der Waals surface area contributed by atoms with Gasteiger partial charge in [0.25, 0.3) is 15.9 Å². The molecule has 0 bridgehead atoms. The van der Waals surface area contributed by atoms with E-state index in [0.29, 0.717) is 0 Å². The zero-order chi connectivity index (χ0) is 17.5. The van der Waals surface area contributed by atoms with Gasteiger partial charge in [-0.25, -0.2) is 16.8 Å². The lowest BCUT2D eigenvalue weighted by atomic mass is 9.87. The number of halogens is 1. The van der Waals surface area contributed by atoms with Crippen molar-refractivity contribution in [3.05, 3.63) is 17.2 Å². The molecule has 1 saturated carbocycles. The van der Waals surface area contributed by atoms with Crippen molar-refractivity contribution in [1.82, 2.24) is 4.13 Å². The quantitative estimate of drug-likeness (QED) is 0.771. The van der Waals surface area contributed by atoms with Gasteiger partial charge in [-0.3, -0.25) is 4.79 Å². The zero-order valence-corrected chi connectivity index (χ0v) is 14.8. The number of hydrogen-bond donors (Lipinski definition) is 2.